The molecule has 1 aromatic rings. The van der Waals surface area contributed by atoms with Gasteiger partial charge in [0, 0.05) is 6.92 Å². The summed E-state index contributed by atoms with van der Waals surface area (Å²) in [6.07, 6.45) is -1.01. The lowest BCUT2D eigenvalue weighted by Crippen LogP contribution is -2.41. The van der Waals surface area contributed by atoms with E-state index in [4.69, 9.17) is 9.47 Å². The first-order chi connectivity index (χ1) is 10.3. The maximum absolute atomic E-state index is 12.0. The van der Waals surface area contributed by atoms with Crippen molar-refractivity contribution in [1.29, 1.82) is 0 Å². The molecule has 0 radical (unpaired) electrons. The topological polar surface area (TPSA) is 93.7 Å². The summed E-state index contributed by atoms with van der Waals surface area (Å²) in [5, 5.41) is 5.01. The Morgan fingerprint density at radius 2 is 1.77 bits per heavy atom. The largest absolute Gasteiger partial charge is 0.495 e. The van der Waals surface area contributed by atoms with E-state index in [0.29, 0.717) is 11.4 Å². The Labute approximate surface area is 129 Å². The lowest BCUT2D eigenvalue weighted by molar-refractivity contribution is -0.155. The molecule has 0 spiro atoms. The molecule has 0 heterocycles. The predicted molar refractivity (Wildman–Crippen MR) is 80.5 cm³/mol. The van der Waals surface area contributed by atoms with Crippen LogP contribution in [0.15, 0.2) is 24.3 Å². The van der Waals surface area contributed by atoms with Gasteiger partial charge in [0.25, 0.3) is 5.91 Å². The number of hydrogen-bond acceptors (Lipinski definition) is 5. The molecule has 120 valence electrons. The Morgan fingerprint density at radius 3 is 2.36 bits per heavy atom. The fourth-order valence-electron chi connectivity index (χ4n) is 1.68. The van der Waals surface area contributed by atoms with Crippen LogP contribution in [0.3, 0.4) is 0 Å². The summed E-state index contributed by atoms with van der Waals surface area (Å²) in [6, 6.07) is 6.07. The molecule has 7 nitrogen and oxygen atoms in total. The zero-order valence-corrected chi connectivity index (χ0v) is 13.0. The van der Waals surface area contributed by atoms with Crippen LogP contribution in [0.4, 0.5) is 5.69 Å². The van der Waals surface area contributed by atoms with Gasteiger partial charge in [0.1, 0.15) is 11.8 Å². The van der Waals surface area contributed by atoms with Crippen LogP contribution in [0.25, 0.3) is 0 Å². The van der Waals surface area contributed by atoms with Crippen LogP contribution in [-0.4, -0.2) is 37.0 Å². The van der Waals surface area contributed by atoms with E-state index in [1.165, 1.54) is 27.9 Å². The Balaban J connectivity index is 2.62. The Kier molecular flexibility index (Phi) is 6.37. The number of ether oxygens (including phenoxy) is 2. The van der Waals surface area contributed by atoms with Gasteiger partial charge in [0.05, 0.1) is 12.8 Å². The average Bonchev–Trinajstić information content (AvgIpc) is 2.46. The number of amides is 2. The van der Waals surface area contributed by atoms with Gasteiger partial charge in [-0.15, -0.1) is 0 Å². The molecule has 0 aliphatic carbocycles. The summed E-state index contributed by atoms with van der Waals surface area (Å²) in [6.45, 7) is 4.22. The lowest BCUT2D eigenvalue weighted by Gasteiger charge is -2.17. The zero-order valence-electron chi connectivity index (χ0n) is 13.0. The molecule has 0 saturated carbocycles. The molecule has 0 saturated heterocycles. The molecule has 2 N–H and O–H groups in total. The molecule has 0 aromatic heterocycles. The number of esters is 1. The number of hydrogen-bond donors (Lipinski definition) is 2. The lowest BCUT2D eigenvalue weighted by atomic mass is 10.2. The van der Waals surface area contributed by atoms with Crippen LogP contribution in [0.2, 0.25) is 0 Å². The maximum atomic E-state index is 12.0. The van der Waals surface area contributed by atoms with Gasteiger partial charge in [-0.2, -0.15) is 0 Å². The van der Waals surface area contributed by atoms with E-state index in [1.807, 2.05) is 0 Å². The van der Waals surface area contributed by atoms with Crippen LogP contribution in [0.5, 0.6) is 5.75 Å². The van der Waals surface area contributed by atoms with Gasteiger partial charge < -0.3 is 20.1 Å². The van der Waals surface area contributed by atoms with Gasteiger partial charge in [-0.05, 0) is 26.0 Å². The Morgan fingerprint density at radius 1 is 1.14 bits per heavy atom. The number of benzene rings is 1. The zero-order chi connectivity index (χ0) is 16.7. The van der Waals surface area contributed by atoms with E-state index in [2.05, 4.69) is 10.6 Å². The van der Waals surface area contributed by atoms with E-state index in [-0.39, 0.29) is 5.91 Å². The molecule has 0 fully saturated rings. The molecule has 2 atom stereocenters. The molecule has 1 unspecified atom stereocenters. The highest BCUT2D eigenvalue weighted by molar-refractivity contribution is 5.96. The van der Waals surface area contributed by atoms with Gasteiger partial charge in [0.15, 0.2) is 6.10 Å². The van der Waals surface area contributed by atoms with Crippen molar-refractivity contribution in [2.75, 3.05) is 12.4 Å². The molecule has 1 aromatic carbocycles. The molecular formula is C15H20N2O5. The SMILES string of the molecule is COc1ccccc1NC(=O)C(C)OC(=O)[C@H](C)NC(C)=O. The van der Waals surface area contributed by atoms with Crippen molar-refractivity contribution in [3.8, 4) is 5.75 Å². The molecule has 7 heteroatoms. The van der Waals surface area contributed by atoms with E-state index in [9.17, 15) is 14.4 Å². The third-order valence-electron chi connectivity index (χ3n) is 2.80. The minimum atomic E-state index is -1.01. The minimum absolute atomic E-state index is 0.351. The molecule has 22 heavy (non-hydrogen) atoms. The fourth-order valence-corrected chi connectivity index (χ4v) is 1.68. The number of nitrogens with one attached hydrogen (secondary N) is 2. The van der Waals surface area contributed by atoms with E-state index < -0.39 is 24.0 Å². The second kappa shape index (κ2) is 8.02. The second-order valence-corrected chi connectivity index (χ2v) is 4.69. The third kappa shape index (κ3) is 5.08. The van der Waals surface area contributed by atoms with E-state index in [0.717, 1.165) is 0 Å². The summed E-state index contributed by atoms with van der Waals surface area (Å²) >= 11 is 0. The quantitative estimate of drug-likeness (QED) is 0.767. The predicted octanol–water partition coefficient (Wildman–Crippen LogP) is 1.09. The van der Waals surface area contributed by atoms with E-state index in [1.54, 1.807) is 24.3 Å². The first-order valence-electron chi connectivity index (χ1n) is 6.76. The average molecular weight is 308 g/mol. The van der Waals surface area contributed by atoms with Crippen molar-refractivity contribution in [3.05, 3.63) is 24.3 Å². The molecule has 2 amide bonds. The van der Waals surface area contributed by atoms with Crippen LogP contribution in [-0.2, 0) is 19.1 Å². The fraction of sp³-hybridized carbons (Fsp3) is 0.400. The summed E-state index contributed by atoms with van der Waals surface area (Å²) < 4.78 is 10.1. The highest BCUT2D eigenvalue weighted by Gasteiger charge is 2.23. The van der Waals surface area contributed by atoms with Crippen LogP contribution < -0.4 is 15.4 Å². The highest BCUT2D eigenvalue weighted by atomic mass is 16.5. The molecule has 1 rings (SSSR count). The van der Waals surface area contributed by atoms with Crippen molar-refractivity contribution in [2.45, 2.75) is 32.9 Å². The van der Waals surface area contributed by atoms with Gasteiger partial charge in [0.2, 0.25) is 5.91 Å². The van der Waals surface area contributed by atoms with Gasteiger partial charge >= 0.3 is 5.97 Å². The van der Waals surface area contributed by atoms with Crippen LogP contribution in [0, 0.1) is 0 Å². The first kappa shape index (κ1) is 17.5. The van der Waals surface area contributed by atoms with Gasteiger partial charge in [-0.25, -0.2) is 4.79 Å². The Hall–Kier alpha value is -2.57. The molecule has 0 bridgehead atoms. The molecule has 0 aliphatic rings. The van der Waals surface area contributed by atoms with Gasteiger partial charge in [-0.3, -0.25) is 9.59 Å². The highest BCUT2D eigenvalue weighted by Crippen LogP contribution is 2.23. The first-order valence-corrected chi connectivity index (χ1v) is 6.76. The summed E-state index contributed by atoms with van der Waals surface area (Å²) in [5.74, 6) is -1.03. The number of carbonyl (C=O) groups is 3. The van der Waals surface area contributed by atoms with Gasteiger partial charge in [-0.1, -0.05) is 12.1 Å². The second-order valence-electron chi connectivity index (χ2n) is 4.69. The van der Waals surface area contributed by atoms with Crippen molar-refractivity contribution < 1.29 is 23.9 Å². The van der Waals surface area contributed by atoms with Crippen molar-refractivity contribution in [2.24, 2.45) is 0 Å². The standard InChI is InChI=1S/C15H20N2O5/c1-9(16-11(3)18)15(20)22-10(2)14(19)17-12-7-5-6-8-13(12)21-4/h5-10H,1-4H3,(H,16,18)(H,17,19)/t9-,10?/m0/s1. The Bertz CT molecular complexity index is 559. The maximum Gasteiger partial charge on any atom is 0.329 e. The van der Waals surface area contributed by atoms with Crippen molar-refractivity contribution >= 4 is 23.5 Å². The summed E-state index contributed by atoms with van der Waals surface area (Å²) in [5.41, 5.74) is 0.479. The van der Waals surface area contributed by atoms with Crippen molar-refractivity contribution in [3.63, 3.8) is 0 Å². The number of anilines is 1. The number of carbonyl (C=O) groups excluding carboxylic acids is 3. The van der Waals surface area contributed by atoms with E-state index >= 15 is 0 Å². The monoisotopic (exact) mass is 308 g/mol. The number of methoxy groups -OCH3 is 1. The summed E-state index contributed by atoms with van der Waals surface area (Å²) in [4.78, 5) is 34.6. The number of rotatable bonds is 6. The van der Waals surface area contributed by atoms with Crippen LogP contribution in [0.1, 0.15) is 20.8 Å². The number of para-hydroxylation sites is 2. The minimum Gasteiger partial charge on any atom is -0.495 e. The van der Waals surface area contributed by atoms with Crippen LogP contribution >= 0.6 is 0 Å². The normalized spacial score (nSPS) is 12.7. The third-order valence-corrected chi connectivity index (χ3v) is 2.80. The van der Waals surface area contributed by atoms with Crippen molar-refractivity contribution in [1.82, 2.24) is 5.32 Å². The molecular weight excluding hydrogens is 288 g/mol. The smallest absolute Gasteiger partial charge is 0.329 e. The molecule has 0 aliphatic heterocycles. The summed E-state index contributed by atoms with van der Waals surface area (Å²) in [7, 11) is 1.49.